The highest BCUT2D eigenvalue weighted by molar-refractivity contribution is 7.13. The highest BCUT2D eigenvalue weighted by atomic mass is 32.1. The second-order valence-corrected chi connectivity index (χ2v) is 10.7. The Labute approximate surface area is 234 Å². The quantitative estimate of drug-likeness (QED) is 0.247. The van der Waals surface area contributed by atoms with E-state index in [0.29, 0.717) is 41.1 Å². The number of aryl methyl sites for hydroxylation is 1. The van der Waals surface area contributed by atoms with Crippen LogP contribution in [0.2, 0.25) is 0 Å². The van der Waals surface area contributed by atoms with Crippen molar-refractivity contribution in [3.8, 4) is 23.0 Å². The molecule has 1 fully saturated rings. The van der Waals surface area contributed by atoms with Gasteiger partial charge < -0.3 is 18.8 Å². The van der Waals surface area contributed by atoms with Crippen LogP contribution in [-0.2, 0) is 6.61 Å². The Morgan fingerprint density at radius 1 is 1.10 bits per heavy atom. The number of benzene rings is 1. The van der Waals surface area contributed by atoms with Gasteiger partial charge in [-0.1, -0.05) is 0 Å². The zero-order valence-electron chi connectivity index (χ0n) is 22.1. The van der Waals surface area contributed by atoms with Gasteiger partial charge in [0.05, 0.1) is 35.8 Å². The maximum absolute atomic E-state index is 6.28. The third-order valence-corrected chi connectivity index (χ3v) is 8.15. The summed E-state index contributed by atoms with van der Waals surface area (Å²) in [5.74, 6) is 2.41. The van der Waals surface area contributed by atoms with Crippen molar-refractivity contribution in [2.24, 2.45) is 0 Å². The second-order valence-electron chi connectivity index (χ2n) is 9.85. The molecule has 40 heavy (non-hydrogen) atoms. The van der Waals surface area contributed by atoms with Gasteiger partial charge in [-0.3, -0.25) is 9.97 Å². The van der Waals surface area contributed by atoms with Crippen molar-refractivity contribution in [2.75, 3.05) is 25.1 Å². The average molecular weight is 554 g/mol. The lowest BCUT2D eigenvalue weighted by molar-refractivity contribution is 0.303. The van der Waals surface area contributed by atoms with Crippen molar-refractivity contribution in [3.05, 3.63) is 77.6 Å². The van der Waals surface area contributed by atoms with Gasteiger partial charge in [0, 0.05) is 55.1 Å². The molecule has 202 valence electrons. The third kappa shape index (κ3) is 4.73. The van der Waals surface area contributed by atoms with Crippen LogP contribution < -0.4 is 14.4 Å². The van der Waals surface area contributed by atoms with Crippen LogP contribution in [0.4, 0.5) is 5.13 Å². The van der Waals surface area contributed by atoms with Crippen LogP contribution in [0.3, 0.4) is 0 Å². The molecule has 6 aromatic rings. The number of aromatic nitrogens is 6. The zero-order valence-corrected chi connectivity index (χ0v) is 23.0. The number of fused-ring (bicyclic) bond motifs is 2. The van der Waals surface area contributed by atoms with Gasteiger partial charge in [-0.05, 0) is 38.0 Å². The molecule has 1 aliphatic rings. The van der Waals surface area contributed by atoms with E-state index in [-0.39, 0.29) is 0 Å². The third-order valence-electron chi connectivity index (χ3n) is 7.20. The Hall–Kier alpha value is -4.51. The summed E-state index contributed by atoms with van der Waals surface area (Å²) in [5.41, 5.74) is 5.00. The minimum atomic E-state index is 0.340. The minimum absolute atomic E-state index is 0.340. The number of anilines is 1. The van der Waals surface area contributed by atoms with E-state index >= 15 is 0 Å². The number of ether oxygens (including phenoxy) is 2. The number of furan rings is 1. The summed E-state index contributed by atoms with van der Waals surface area (Å²) in [6, 6.07) is 9.56. The lowest BCUT2D eigenvalue weighted by Gasteiger charge is -2.31. The van der Waals surface area contributed by atoms with Gasteiger partial charge in [0.25, 0.3) is 0 Å². The average Bonchev–Trinajstić information content (AvgIpc) is 3.74. The summed E-state index contributed by atoms with van der Waals surface area (Å²) in [5, 5.41) is 8.42. The molecule has 5 aromatic heterocycles. The Kier molecular flexibility index (Phi) is 6.27. The Balaban J connectivity index is 1.07. The van der Waals surface area contributed by atoms with Gasteiger partial charge in [0.1, 0.15) is 29.4 Å². The van der Waals surface area contributed by atoms with Crippen molar-refractivity contribution in [2.45, 2.75) is 32.3 Å². The summed E-state index contributed by atoms with van der Waals surface area (Å²) in [7, 11) is 1.63. The summed E-state index contributed by atoms with van der Waals surface area (Å²) < 4.78 is 19.7. The number of rotatable bonds is 7. The number of nitrogens with zero attached hydrogens (tertiary/aromatic N) is 7. The molecule has 0 unspecified atom stereocenters. The molecule has 0 radical (unpaired) electrons. The standard InChI is InChI=1S/C29H27N7O3S/c1-18-3-4-28-33-24(15-36(28)34-18)27-13-22-25(11-21(37-2)12-26(22)39-27)38-16-20-17-40-29(32-20)35-9-5-19(6-10-35)23-14-30-7-8-31-23/h3-4,7-8,11-15,17,19H,5-6,9-10,16H2,1-2H3. The molecule has 0 bridgehead atoms. The number of hydrogen-bond acceptors (Lipinski definition) is 10. The number of hydrogen-bond donors (Lipinski definition) is 0. The first-order valence-corrected chi connectivity index (χ1v) is 14.0. The van der Waals surface area contributed by atoms with Gasteiger partial charge >= 0.3 is 0 Å². The summed E-state index contributed by atoms with van der Waals surface area (Å²) >= 11 is 1.65. The van der Waals surface area contributed by atoms with Crippen molar-refractivity contribution < 1.29 is 13.9 Å². The van der Waals surface area contributed by atoms with Crippen LogP contribution in [-0.4, -0.2) is 49.7 Å². The highest BCUT2D eigenvalue weighted by Gasteiger charge is 2.24. The molecule has 0 aliphatic carbocycles. The van der Waals surface area contributed by atoms with E-state index < -0.39 is 0 Å². The normalized spacial score (nSPS) is 14.3. The van der Waals surface area contributed by atoms with E-state index in [9.17, 15) is 0 Å². The molecule has 0 saturated carbocycles. The fraction of sp³-hybridized carbons (Fsp3) is 0.276. The van der Waals surface area contributed by atoms with Crippen LogP contribution in [0, 0.1) is 6.92 Å². The molecule has 0 N–H and O–H groups in total. The topological polar surface area (TPSA) is 104 Å². The first-order chi connectivity index (χ1) is 19.6. The number of thiazole rings is 1. The predicted octanol–water partition coefficient (Wildman–Crippen LogP) is 5.67. The summed E-state index contributed by atoms with van der Waals surface area (Å²) in [6.45, 7) is 4.18. The molecule has 0 atom stereocenters. The maximum Gasteiger partial charge on any atom is 0.185 e. The van der Waals surface area contributed by atoms with Crippen LogP contribution in [0.25, 0.3) is 28.1 Å². The molecule has 1 aliphatic heterocycles. The molecular weight excluding hydrogens is 526 g/mol. The fourth-order valence-electron chi connectivity index (χ4n) is 5.09. The fourth-order valence-corrected chi connectivity index (χ4v) is 5.95. The van der Waals surface area contributed by atoms with Crippen LogP contribution in [0.5, 0.6) is 11.5 Å². The van der Waals surface area contributed by atoms with Gasteiger partial charge in [0.2, 0.25) is 0 Å². The summed E-state index contributed by atoms with van der Waals surface area (Å²) in [4.78, 5) is 20.6. The van der Waals surface area contributed by atoms with Crippen LogP contribution >= 0.6 is 11.3 Å². The molecule has 0 amide bonds. The van der Waals surface area contributed by atoms with Crippen molar-refractivity contribution in [1.29, 1.82) is 0 Å². The SMILES string of the molecule is COc1cc(OCc2csc(N3CCC(c4cnccn4)CC3)n2)c2cc(-c3cn4nc(C)ccc4n3)oc2c1. The predicted molar refractivity (Wildman–Crippen MR) is 152 cm³/mol. The maximum atomic E-state index is 6.28. The first-order valence-electron chi connectivity index (χ1n) is 13.2. The summed E-state index contributed by atoms with van der Waals surface area (Å²) in [6.07, 6.45) is 9.32. The minimum Gasteiger partial charge on any atom is -0.496 e. The van der Waals surface area contributed by atoms with Gasteiger partial charge in [-0.25, -0.2) is 14.5 Å². The Bertz CT molecular complexity index is 1790. The number of imidazole rings is 1. The van der Waals surface area contributed by atoms with E-state index in [1.807, 2.05) is 49.6 Å². The van der Waals surface area contributed by atoms with Crippen molar-refractivity contribution >= 4 is 33.1 Å². The van der Waals surface area contributed by atoms with E-state index in [0.717, 1.165) is 59.2 Å². The van der Waals surface area contributed by atoms with E-state index in [4.69, 9.17) is 18.9 Å². The Morgan fingerprint density at radius 3 is 2.83 bits per heavy atom. The second kappa shape index (κ2) is 10.2. The molecular formula is C29H27N7O3S. The Morgan fingerprint density at radius 2 is 2.00 bits per heavy atom. The lowest BCUT2D eigenvalue weighted by atomic mass is 9.94. The van der Waals surface area contributed by atoms with Crippen molar-refractivity contribution in [3.63, 3.8) is 0 Å². The van der Waals surface area contributed by atoms with Crippen LogP contribution in [0.1, 0.15) is 35.8 Å². The monoisotopic (exact) mass is 553 g/mol. The molecule has 11 heteroatoms. The molecule has 6 heterocycles. The molecule has 7 rings (SSSR count). The molecule has 1 saturated heterocycles. The molecule has 10 nitrogen and oxygen atoms in total. The van der Waals surface area contributed by atoms with Gasteiger partial charge in [-0.2, -0.15) is 5.10 Å². The van der Waals surface area contributed by atoms with E-state index in [1.165, 1.54) is 0 Å². The van der Waals surface area contributed by atoms with E-state index in [2.05, 4.69) is 30.3 Å². The van der Waals surface area contributed by atoms with Gasteiger partial charge in [-0.15, -0.1) is 11.3 Å². The number of piperidine rings is 1. The zero-order chi connectivity index (χ0) is 27.1. The van der Waals surface area contributed by atoms with Crippen LogP contribution in [0.15, 0.2) is 64.9 Å². The number of methoxy groups -OCH3 is 1. The molecule has 1 aromatic carbocycles. The largest absolute Gasteiger partial charge is 0.496 e. The smallest absolute Gasteiger partial charge is 0.185 e. The first kappa shape index (κ1) is 24.5. The van der Waals surface area contributed by atoms with Crippen molar-refractivity contribution in [1.82, 2.24) is 29.5 Å². The highest BCUT2D eigenvalue weighted by Crippen LogP contribution is 2.37. The van der Waals surface area contributed by atoms with E-state index in [1.54, 1.807) is 35.4 Å². The van der Waals surface area contributed by atoms with Gasteiger partial charge in [0.15, 0.2) is 16.5 Å². The lowest BCUT2D eigenvalue weighted by Crippen LogP contribution is -2.33. The molecule has 0 spiro atoms.